The van der Waals surface area contributed by atoms with Gasteiger partial charge in [-0.25, -0.2) is 18.7 Å². The summed E-state index contributed by atoms with van der Waals surface area (Å²) in [5.41, 5.74) is 11.4. The second kappa shape index (κ2) is 7.38. The monoisotopic (exact) mass is 357 g/mol. The van der Waals surface area contributed by atoms with E-state index in [2.05, 4.69) is 31.1 Å². The quantitative estimate of drug-likeness (QED) is 0.517. The fraction of sp³-hybridized carbons (Fsp3) is 0. The number of nitrogens with one attached hydrogen (secondary N) is 3. The molecule has 0 spiro atoms. The number of hydrazine groups is 1. The zero-order valence-electron chi connectivity index (χ0n) is 13.2. The van der Waals surface area contributed by atoms with Gasteiger partial charge in [0, 0.05) is 18.0 Å². The molecule has 2 heterocycles. The minimum absolute atomic E-state index is 0.0681. The van der Waals surface area contributed by atoms with Gasteiger partial charge in [-0.2, -0.15) is 0 Å². The molecule has 0 saturated carbocycles. The number of nitrogens with zero attached hydrogens (tertiary/aromatic N) is 3. The van der Waals surface area contributed by atoms with Crippen molar-refractivity contribution in [3.63, 3.8) is 0 Å². The topological polar surface area (TPSA) is 118 Å². The van der Waals surface area contributed by atoms with Gasteiger partial charge < -0.3 is 11.1 Å². The fourth-order valence-corrected chi connectivity index (χ4v) is 1.98. The van der Waals surface area contributed by atoms with Gasteiger partial charge in [0.1, 0.15) is 17.7 Å². The highest BCUT2D eigenvalue weighted by atomic mass is 19.2. The smallest absolute Gasteiger partial charge is 0.288 e. The molecule has 3 aromatic rings. The zero-order chi connectivity index (χ0) is 18.5. The Morgan fingerprint density at radius 3 is 2.54 bits per heavy atom. The van der Waals surface area contributed by atoms with Gasteiger partial charge in [0.05, 0.1) is 0 Å². The number of rotatable bonds is 5. The Hall–Kier alpha value is -3.82. The molecule has 0 fully saturated rings. The highest BCUT2D eigenvalue weighted by molar-refractivity contribution is 5.93. The van der Waals surface area contributed by atoms with Crippen LogP contribution < -0.4 is 21.9 Å². The van der Waals surface area contributed by atoms with Gasteiger partial charge >= 0.3 is 0 Å². The van der Waals surface area contributed by atoms with Crippen molar-refractivity contribution in [1.82, 2.24) is 20.4 Å². The van der Waals surface area contributed by atoms with Gasteiger partial charge in [0.2, 0.25) is 0 Å². The first-order valence-electron chi connectivity index (χ1n) is 7.34. The SMILES string of the molecule is Nc1c(NNC(=O)c2ccccn2)ncnc1Nc1ccc(F)c(F)c1. The molecule has 0 unspecified atom stereocenters. The Bertz CT molecular complexity index is 937. The van der Waals surface area contributed by atoms with Crippen LogP contribution in [0.4, 0.5) is 31.8 Å². The van der Waals surface area contributed by atoms with Crippen molar-refractivity contribution in [2.24, 2.45) is 0 Å². The van der Waals surface area contributed by atoms with Gasteiger partial charge in [-0.05, 0) is 24.3 Å². The third-order valence-electron chi connectivity index (χ3n) is 3.26. The number of nitrogens with two attached hydrogens (primary N) is 1. The van der Waals surface area contributed by atoms with E-state index in [9.17, 15) is 13.6 Å². The van der Waals surface area contributed by atoms with Crippen LogP contribution in [0, 0.1) is 11.6 Å². The van der Waals surface area contributed by atoms with Crippen LogP contribution in [-0.4, -0.2) is 20.9 Å². The first kappa shape index (κ1) is 17.0. The van der Waals surface area contributed by atoms with Crippen LogP contribution in [0.15, 0.2) is 48.9 Å². The van der Waals surface area contributed by atoms with E-state index in [-0.39, 0.29) is 28.7 Å². The molecule has 10 heteroatoms. The molecule has 5 N–H and O–H groups in total. The van der Waals surface area contributed by atoms with Gasteiger partial charge in [-0.1, -0.05) is 6.07 Å². The summed E-state index contributed by atoms with van der Waals surface area (Å²) in [6.45, 7) is 0. The summed E-state index contributed by atoms with van der Waals surface area (Å²) in [5, 5.41) is 2.75. The molecule has 3 rings (SSSR count). The Kier molecular flexibility index (Phi) is 4.83. The highest BCUT2D eigenvalue weighted by Crippen LogP contribution is 2.26. The molecule has 0 radical (unpaired) electrons. The van der Waals surface area contributed by atoms with E-state index in [1.54, 1.807) is 12.1 Å². The summed E-state index contributed by atoms with van der Waals surface area (Å²) in [6, 6.07) is 8.16. The Morgan fingerprint density at radius 2 is 1.81 bits per heavy atom. The van der Waals surface area contributed by atoms with Crippen LogP contribution in [0.5, 0.6) is 0 Å². The third-order valence-corrected chi connectivity index (χ3v) is 3.26. The number of amides is 1. The van der Waals surface area contributed by atoms with Crippen molar-refractivity contribution in [1.29, 1.82) is 0 Å². The minimum Gasteiger partial charge on any atom is -0.393 e. The van der Waals surface area contributed by atoms with Crippen molar-refractivity contribution >= 4 is 28.9 Å². The molecular formula is C16H13F2N7O. The van der Waals surface area contributed by atoms with E-state index >= 15 is 0 Å². The van der Waals surface area contributed by atoms with Gasteiger partial charge in [-0.15, -0.1) is 0 Å². The molecule has 1 aromatic carbocycles. The molecule has 0 aliphatic rings. The maximum atomic E-state index is 13.3. The standard InChI is InChI=1S/C16H13F2N7O/c17-10-5-4-9(7-11(10)18)23-14-13(19)15(22-8-21-14)24-25-16(26)12-3-1-2-6-20-12/h1-8H,19H2,(H,25,26)(H2,21,22,23,24). The predicted molar refractivity (Wildman–Crippen MR) is 91.4 cm³/mol. The summed E-state index contributed by atoms with van der Waals surface area (Å²) in [6.07, 6.45) is 2.67. The van der Waals surface area contributed by atoms with Crippen molar-refractivity contribution in [3.05, 3.63) is 66.3 Å². The normalized spacial score (nSPS) is 10.2. The second-order valence-electron chi connectivity index (χ2n) is 5.03. The van der Waals surface area contributed by atoms with E-state index in [1.165, 1.54) is 24.7 Å². The number of hydrogen-bond acceptors (Lipinski definition) is 7. The number of carbonyl (C=O) groups is 1. The molecule has 2 aromatic heterocycles. The average Bonchev–Trinajstić information content (AvgIpc) is 2.66. The molecule has 0 atom stereocenters. The van der Waals surface area contributed by atoms with Gasteiger partial charge in [-0.3, -0.25) is 20.6 Å². The van der Waals surface area contributed by atoms with Crippen LogP contribution in [0.1, 0.15) is 10.5 Å². The lowest BCUT2D eigenvalue weighted by Gasteiger charge is -2.13. The van der Waals surface area contributed by atoms with Crippen molar-refractivity contribution in [2.45, 2.75) is 0 Å². The number of nitrogen functional groups attached to an aromatic ring is 1. The van der Waals surface area contributed by atoms with Crippen LogP contribution in [0.2, 0.25) is 0 Å². The van der Waals surface area contributed by atoms with Gasteiger partial charge in [0.25, 0.3) is 5.91 Å². The van der Waals surface area contributed by atoms with E-state index in [4.69, 9.17) is 5.73 Å². The molecule has 26 heavy (non-hydrogen) atoms. The minimum atomic E-state index is -1.01. The largest absolute Gasteiger partial charge is 0.393 e. The lowest BCUT2D eigenvalue weighted by atomic mass is 10.3. The maximum Gasteiger partial charge on any atom is 0.288 e. The van der Waals surface area contributed by atoms with E-state index < -0.39 is 17.5 Å². The number of hydrogen-bond donors (Lipinski definition) is 4. The molecule has 0 bridgehead atoms. The second-order valence-corrected chi connectivity index (χ2v) is 5.03. The summed E-state index contributed by atoms with van der Waals surface area (Å²) >= 11 is 0. The summed E-state index contributed by atoms with van der Waals surface area (Å²) < 4.78 is 26.3. The van der Waals surface area contributed by atoms with Crippen LogP contribution in [-0.2, 0) is 0 Å². The van der Waals surface area contributed by atoms with Crippen molar-refractivity contribution in [3.8, 4) is 0 Å². The van der Waals surface area contributed by atoms with Gasteiger partial charge in [0.15, 0.2) is 23.3 Å². The number of carbonyl (C=O) groups excluding carboxylic acids is 1. The average molecular weight is 357 g/mol. The summed E-state index contributed by atoms with van der Waals surface area (Å²) in [4.78, 5) is 23.7. The van der Waals surface area contributed by atoms with Crippen LogP contribution in [0.25, 0.3) is 0 Å². The highest BCUT2D eigenvalue weighted by Gasteiger charge is 2.11. The first-order valence-corrected chi connectivity index (χ1v) is 7.34. The number of pyridine rings is 1. The molecular weight excluding hydrogens is 344 g/mol. The summed E-state index contributed by atoms with van der Waals surface area (Å²) in [7, 11) is 0. The Balaban J connectivity index is 1.72. The number of aromatic nitrogens is 3. The summed E-state index contributed by atoms with van der Waals surface area (Å²) in [5.74, 6) is -2.19. The molecule has 8 nitrogen and oxygen atoms in total. The first-order chi connectivity index (χ1) is 12.5. The van der Waals surface area contributed by atoms with Crippen LogP contribution >= 0.6 is 0 Å². The Morgan fingerprint density at radius 1 is 1.00 bits per heavy atom. The number of halogens is 2. The maximum absolute atomic E-state index is 13.3. The molecule has 0 aliphatic carbocycles. The lowest BCUT2D eigenvalue weighted by Crippen LogP contribution is -2.31. The van der Waals surface area contributed by atoms with E-state index in [0.717, 1.165) is 12.1 Å². The molecule has 1 amide bonds. The number of anilines is 4. The third kappa shape index (κ3) is 3.80. The zero-order valence-corrected chi connectivity index (χ0v) is 13.2. The predicted octanol–water partition coefficient (Wildman–Crippen LogP) is 2.23. The van der Waals surface area contributed by atoms with Crippen molar-refractivity contribution < 1.29 is 13.6 Å². The molecule has 132 valence electrons. The molecule has 0 aliphatic heterocycles. The van der Waals surface area contributed by atoms with E-state index in [0.29, 0.717) is 0 Å². The Labute approximate surface area is 146 Å². The van der Waals surface area contributed by atoms with E-state index in [1.807, 2.05) is 0 Å². The fourth-order valence-electron chi connectivity index (χ4n) is 1.98. The van der Waals surface area contributed by atoms with Crippen LogP contribution in [0.3, 0.4) is 0 Å². The van der Waals surface area contributed by atoms with Crippen molar-refractivity contribution in [2.75, 3.05) is 16.5 Å². The molecule has 0 saturated heterocycles. The number of benzene rings is 1. The lowest BCUT2D eigenvalue weighted by molar-refractivity contribution is 0.0957.